The van der Waals surface area contributed by atoms with Crippen molar-refractivity contribution in [1.82, 2.24) is 4.98 Å². The van der Waals surface area contributed by atoms with Crippen LogP contribution in [0, 0.1) is 5.41 Å². The fourth-order valence-corrected chi connectivity index (χ4v) is 3.00. The molecule has 0 aromatic carbocycles. The lowest BCUT2D eigenvalue weighted by atomic mass is 9.94. The minimum absolute atomic E-state index is 0.0736. The highest BCUT2D eigenvalue weighted by molar-refractivity contribution is 6.00. The maximum Gasteiger partial charge on any atom is 0.140 e. The molecule has 0 bridgehead atoms. The molecule has 0 atom stereocenters. The fraction of sp³-hybridized carbons (Fsp3) is 0.600. The third-order valence-corrected chi connectivity index (χ3v) is 4.17. The lowest BCUT2D eigenvalue weighted by Crippen LogP contribution is -2.33. The third kappa shape index (κ3) is 2.50. The summed E-state index contributed by atoms with van der Waals surface area (Å²) in [7, 11) is 0. The van der Waals surface area contributed by atoms with E-state index in [0.717, 1.165) is 42.8 Å². The van der Waals surface area contributed by atoms with E-state index in [1.165, 1.54) is 18.4 Å². The van der Waals surface area contributed by atoms with Crippen LogP contribution in [-0.2, 0) is 12.8 Å². The first-order chi connectivity index (χ1) is 9.70. The number of aliphatic hydroxyl groups excluding tert-OH is 1. The highest BCUT2D eigenvalue weighted by Gasteiger charge is 2.32. The van der Waals surface area contributed by atoms with Crippen LogP contribution in [0.1, 0.15) is 42.5 Å². The van der Waals surface area contributed by atoms with E-state index in [0.29, 0.717) is 12.6 Å². The number of aromatic nitrogens is 1. The SMILES string of the molecule is N=C(N)c1cc2c(nc1N(CCO)C1CC1)CCCC2. The van der Waals surface area contributed by atoms with Crippen LogP contribution in [-0.4, -0.2) is 35.1 Å². The number of fused-ring (bicyclic) bond motifs is 1. The van der Waals surface area contributed by atoms with Gasteiger partial charge in [0.05, 0.1) is 12.2 Å². The first-order valence-electron chi connectivity index (χ1n) is 7.45. The van der Waals surface area contributed by atoms with Gasteiger partial charge in [-0.3, -0.25) is 5.41 Å². The van der Waals surface area contributed by atoms with Crippen molar-refractivity contribution in [2.75, 3.05) is 18.1 Å². The maximum atomic E-state index is 9.29. The number of rotatable bonds is 5. The van der Waals surface area contributed by atoms with Crippen LogP contribution in [0.4, 0.5) is 5.82 Å². The summed E-state index contributed by atoms with van der Waals surface area (Å²) < 4.78 is 0. The largest absolute Gasteiger partial charge is 0.395 e. The van der Waals surface area contributed by atoms with Gasteiger partial charge in [0.15, 0.2) is 0 Å². The third-order valence-electron chi connectivity index (χ3n) is 4.17. The molecular weight excluding hydrogens is 252 g/mol. The van der Waals surface area contributed by atoms with E-state index in [2.05, 4.69) is 4.90 Å². The lowest BCUT2D eigenvalue weighted by Gasteiger charge is -2.27. The van der Waals surface area contributed by atoms with Gasteiger partial charge in [-0.25, -0.2) is 4.98 Å². The number of nitrogens with one attached hydrogen (secondary N) is 1. The van der Waals surface area contributed by atoms with E-state index in [4.69, 9.17) is 16.1 Å². The van der Waals surface area contributed by atoms with E-state index in [-0.39, 0.29) is 12.4 Å². The molecule has 0 aliphatic heterocycles. The Hall–Kier alpha value is -1.62. The number of hydrogen-bond acceptors (Lipinski definition) is 4. The summed E-state index contributed by atoms with van der Waals surface area (Å²) in [5.41, 5.74) is 8.88. The number of pyridine rings is 1. The second-order valence-electron chi connectivity index (χ2n) is 5.73. The Morgan fingerprint density at radius 3 is 2.80 bits per heavy atom. The minimum atomic E-state index is 0.0736. The second-order valence-corrected chi connectivity index (χ2v) is 5.73. The molecule has 5 nitrogen and oxygen atoms in total. The monoisotopic (exact) mass is 274 g/mol. The van der Waals surface area contributed by atoms with E-state index in [1.54, 1.807) is 0 Å². The summed E-state index contributed by atoms with van der Waals surface area (Å²) in [6.07, 6.45) is 6.69. The molecule has 1 saturated carbocycles. The average molecular weight is 274 g/mol. The van der Waals surface area contributed by atoms with Crippen LogP contribution < -0.4 is 10.6 Å². The van der Waals surface area contributed by atoms with E-state index in [1.807, 2.05) is 6.07 Å². The zero-order chi connectivity index (χ0) is 14.1. The highest BCUT2D eigenvalue weighted by atomic mass is 16.3. The van der Waals surface area contributed by atoms with Crippen molar-refractivity contribution in [1.29, 1.82) is 5.41 Å². The van der Waals surface area contributed by atoms with Crippen LogP contribution >= 0.6 is 0 Å². The molecule has 1 aromatic heterocycles. The summed E-state index contributed by atoms with van der Waals surface area (Å²) >= 11 is 0. The number of anilines is 1. The predicted octanol–water partition coefficient (Wildman–Crippen LogP) is 1.21. The Labute approximate surface area is 119 Å². The van der Waals surface area contributed by atoms with Crippen LogP contribution in [0.3, 0.4) is 0 Å². The number of nitrogens with zero attached hydrogens (tertiary/aromatic N) is 2. The van der Waals surface area contributed by atoms with Crippen molar-refractivity contribution in [2.24, 2.45) is 5.73 Å². The van der Waals surface area contributed by atoms with Crippen molar-refractivity contribution >= 4 is 11.7 Å². The van der Waals surface area contributed by atoms with Crippen LogP contribution in [0.5, 0.6) is 0 Å². The van der Waals surface area contributed by atoms with Gasteiger partial charge in [-0.2, -0.15) is 0 Å². The predicted molar refractivity (Wildman–Crippen MR) is 79.3 cm³/mol. The molecule has 4 N–H and O–H groups in total. The van der Waals surface area contributed by atoms with Gasteiger partial charge in [-0.15, -0.1) is 0 Å². The first kappa shape index (κ1) is 13.4. The quantitative estimate of drug-likeness (QED) is 0.556. The van der Waals surface area contributed by atoms with Crippen molar-refractivity contribution in [3.63, 3.8) is 0 Å². The lowest BCUT2D eigenvalue weighted by molar-refractivity contribution is 0.301. The molecule has 0 spiro atoms. The van der Waals surface area contributed by atoms with Crippen molar-refractivity contribution in [3.05, 3.63) is 22.9 Å². The minimum Gasteiger partial charge on any atom is -0.395 e. The van der Waals surface area contributed by atoms with Crippen LogP contribution in [0.2, 0.25) is 0 Å². The Balaban J connectivity index is 2.04. The molecule has 0 radical (unpaired) electrons. The maximum absolute atomic E-state index is 9.29. The molecule has 20 heavy (non-hydrogen) atoms. The van der Waals surface area contributed by atoms with Crippen molar-refractivity contribution in [3.8, 4) is 0 Å². The standard InChI is InChI=1S/C15H22N4O/c16-14(17)12-9-10-3-1-2-4-13(10)18-15(12)19(7-8-20)11-5-6-11/h9,11,20H,1-8H2,(H3,16,17). The topological polar surface area (TPSA) is 86.2 Å². The van der Waals surface area contributed by atoms with Gasteiger partial charge >= 0.3 is 0 Å². The molecular formula is C15H22N4O. The fourth-order valence-electron chi connectivity index (χ4n) is 3.00. The van der Waals surface area contributed by atoms with Gasteiger partial charge in [-0.1, -0.05) is 0 Å². The summed E-state index contributed by atoms with van der Waals surface area (Å²) in [5, 5.41) is 17.1. The Bertz CT molecular complexity index is 525. The molecule has 3 rings (SSSR count). The molecule has 0 amide bonds. The normalized spacial score (nSPS) is 17.6. The number of nitrogen functional groups attached to an aromatic ring is 1. The molecule has 0 unspecified atom stereocenters. The summed E-state index contributed by atoms with van der Waals surface area (Å²) in [6, 6.07) is 2.50. The number of aryl methyl sites for hydroxylation is 2. The Morgan fingerprint density at radius 2 is 2.15 bits per heavy atom. The van der Waals surface area contributed by atoms with Gasteiger partial charge in [0.2, 0.25) is 0 Å². The molecule has 108 valence electrons. The van der Waals surface area contributed by atoms with E-state index >= 15 is 0 Å². The number of nitrogens with two attached hydrogens (primary N) is 1. The number of aliphatic hydroxyl groups is 1. The van der Waals surface area contributed by atoms with Gasteiger partial charge < -0.3 is 15.7 Å². The van der Waals surface area contributed by atoms with Crippen molar-refractivity contribution < 1.29 is 5.11 Å². The molecule has 1 aromatic rings. The van der Waals surface area contributed by atoms with E-state index < -0.39 is 0 Å². The zero-order valence-corrected chi connectivity index (χ0v) is 11.7. The smallest absolute Gasteiger partial charge is 0.140 e. The molecule has 2 aliphatic rings. The number of amidine groups is 1. The zero-order valence-electron chi connectivity index (χ0n) is 11.7. The first-order valence-corrected chi connectivity index (χ1v) is 7.45. The summed E-state index contributed by atoms with van der Waals surface area (Å²) in [4.78, 5) is 6.94. The van der Waals surface area contributed by atoms with Crippen LogP contribution in [0.25, 0.3) is 0 Å². The van der Waals surface area contributed by atoms with Crippen molar-refractivity contribution in [2.45, 2.75) is 44.6 Å². The average Bonchev–Trinajstić information content (AvgIpc) is 3.28. The molecule has 2 aliphatic carbocycles. The Morgan fingerprint density at radius 1 is 1.40 bits per heavy atom. The summed E-state index contributed by atoms with van der Waals surface area (Å²) in [6.45, 7) is 0.670. The molecule has 1 heterocycles. The van der Waals surface area contributed by atoms with Crippen LogP contribution in [0.15, 0.2) is 6.07 Å². The Kier molecular flexibility index (Phi) is 3.61. The van der Waals surface area contributed by atoms with Gasteiger partial charge in [-0.05, 0) is 50.2 Å². The number of hydrogen-bond donors (Lipinski definition) is 3. The second kappa shape index (κ2) is 5.40. The van der Waals surface area contributed by atoms with E-state index in [9.17, 15) is 5.11 Å². The highest BCUT2D eigenvalue weighted by Crippen LogP contribution is 2.34. The van der Waals surface area contributed by atoms with Gasteiger partial charge in [0.25, 0.3) is 0 Å². The molecule has 1 fully saturated rings. The van der Waals surface area contributed by atoms with Gasteiger partial charge in [0.1, 0.15) is 11.7 Å². The summed E-state index contributed by atoms with van der Waals surface area (Å²) in [5.74, 6) is 0.874. The molecule has 5 heteroatoms. The van der Waals surface area contributed by atoms with Gasteiger partial charge in [0, 0.05) is 18.3 Å². The molecule has 0 saturated heterocycles.